The molecule has 2 aromatic rings. The summed E-state index contributed by atoms with van der Waals surface area (Å²) in [6.45, 7) is 1.88. The van der Waals surface area contributed by atoms with Crippen LogP contribution in [-0.4, -0.2) is 35.5 Å². The van der Waals surface area contributed by atoms with Gasteiger partial charge in [0.25, 0.3) is 0 Å². The second-order valence-electron chi connectivity index (χ2n) is 4.44. The fourth-order valence-electron chi connectivity index (χ4n) is 1.56. The minimum Gasteiger partial charge on any atom is -0.491 e. The first kappa shape index (κ1) is 14.9. The third-order valence-corrected chi connectivity index (χ3v) is 2.55. The van der Waals surface area contributed by atoms with Gasteiger partial charge in [-0.15, -0.1) is 0 Å². The molecule has 0 fully saturated rings. The topological polar surface area (TPSA) is 96.6 Å². The number of aliphatic hydroxyl groups is 1. The van der Waals surface area contributed by atoms with Gasteiger partial charge < -0.3 is 19.7 Å². The van der Waals surface area contributed by atoms with Crippen molar-refractivity contribution in [1.82, 2.24) is 10.5 Å². The van der Waals surface area contributed by atoms with Crippen LogP contribution >= 0.6 is 0 Å². The van der Waals surface area contributed by atoms with Crippen LogP contribution in [0.3, 0.4) is 0 Å². The van der Waals surface area contributed by atoms with Crippen LogP contribution in [0, 0.1) is 6.92 Å². The van der Waals surface area contributed by atoms with Crippen LogP contribution < -0.4 is 15.4 Å². The summed E-state index contributed by atoms with van der Waals surface area (Å²) in [7, 11) is 0. The summed E-state index contributed by atoms with van der Waals surface area (Å²) in [4.78, 5) is 11.5. The maximum absolute atomic E-state index is 11.5. The van der Waals surface area contributed by atoms with E-state index in [0.29, 0.717) is 17.3 Å². The smallest absolute Gasteiger partial charge is 0.320 e. The van der Waals surface area contributed by atoms with E-state index in [1.807, 2.05) is 18.2 Å². The molecular formula is C14H17N3O4. The standard InChI is InChI=1S/C14H17N3O4/c1-10-7-13(17-21-10)16-14(19)15-8-11(18)9-20-12-5-3-2-4-6-12/h2-7,11,18H,8-9H2,1H3,(H2,15,16,17,19)/t11-/m1/s1. The van der Waals surface area contributed by atoms with Gasteiger partial charge in [0.15, 0.2) is 5.82 Å². The third-order valence-electron chi connectivity index (χ3n) is 2.55. The number of aromatic nitrogens is 1. The number of nitrogens with zero attached hydrogens (tertiary/aromatic N) is 1. The molecule has 2 rings (SSSR count). The van der Waals surface area contributed by atoms with E-state index in [9.17, 15) is 9.90 Å². The monoisotopic (exact) mass is 291 g/mol. The molecule has 0 saturated carbocycles. The van der Waals surface area contributed by atoms with Crippen molar-refractivity contribution in [2.24, 2.45) is 0 Å². The Kier molecular flexibility index (Phi) is 5.16. The van der Waals surface area contributed by atoms with Crippen LogP contribution in [0.4, 0.5) is 10.6 Å². The molecule has 112 valence electrons. The van der Waals surface area contributed by atoms with Gasteiger partial charge in [0.05, 0.1) is 0 Å². The second kappa shape index (κ2) is 7.30. The van der Waals surface area contributed by atoms with E-state index in [1.165, 1.54) is 0 Å². The lowest BCUT2D eigenvalue weighted by Crippen LogP contribution is -2.37. The van der Waals surface area contributed by atoms with E-state index in [4.69, 9.17) is 9.26 Å². The van der Waals surface area contributed by atoms with Crippen molar-refractivity contribution in [2.75, 3.05) is 18.5 Å². The van der Waals surface area contributed by atoms with Crippen molar-refractivity contribution < 1.29 is 19.2 Å². The van der Waals surface area contributed by atoms with Gasteiger partial charge in [-0.05, 0) is 19.1 Å². The zero-order valence-corrected chi connectivity index (χ0v) is 11.6. The molecular weight excluding hydrogens is 274 g/mol. The number of para-hydroxylation sites is 1. The number of hydrogen-bond donors (Lipinski definition) is 3. The number of rotatable bonds is 6. The molecule has 0 unspecified atom stereocenters. The van der Waals surface area contributed by atoms with Crippen LogP contribution in [0.25, 0.3) is 0 Å². The number of carbonyl (C=O) groups is 1. The van der Waals surface area contributed by atoms with Crippen LogP contribution in [-0.2, 0) is 0 Å². The highest BCUT2D eigenvalue weighted by atomic mass is 16.5. The number of urea groups is 1. The number of nitrogens with one attached hydrogen (secondary N) is 2. The Hall–Kier alpha value is -2.54. The maximum atomic E-state index is 11.5. The highest BCUT2D eigenvalue weighted by molar-refractivity contribution is 5.88. The first-order valence-electron chi connectivity index (χ1n) is 6.47. The Labute approximate surface area is 121 Å². The molecule has 0 saturated heterocycles. The molecule has 0 aliphatic heterocycles. The zero-order valence-electron chi connectivity index (χ0n) is 11.6. The quantitative estimate of drug-likeness (QED) is 0.750. The first-order chi connectivity index (χ1) is 10.1. The molecule has 0 spiro atoms. The van der Waals surface area contributed by atoms with E-state index >= 15 is 0 Å². The number of aryl methyl sites for hydroxylation is 1. The first-order valence-corrected chi connectivity index (χ1v) is 6.47. The van der Waals surface area contributed by atoms with E-state index in [-0.39, 0.29) is 13.2 Å². The molecule has 7 nitrogen and oxygen atoms in total. The predicted octanol–water partition coefficient (Wildman–Crippen LogP) is 1.54. The van der Waals surface area contributed by atoms with Crippen molar-refractivity contribution in [2.45, 2.75) is 13.0 Å². The number of anilines is 1. The molecule has 7 heteroatoms. The van der Waals surface area contributed by atoms with E-state index in [0.717, 1.165) is 0 Å². The van der Waals surface area contributed by atoms with E-state index in [1.54, 1.807) is 25.1 Å². The van der Waals surface area contributed by atoms with Crippen molar-refractivity contribution in [3.8, 4) is 5.75 Å². The summed E-state index contributed by atoms with van der Waals surface area (Å²) < 4.78 is 10.2. The van der Waals surface area contributed by atoms with Gasteiger partial charge >= 0.3 is 6.03 Å². The largest absolute Gasteiger partial charge is 0.491 e. The average molecular weight is 291 g/mol. The molecule has 0 aliphatic carbocycles. The van der Waals surface area contributed by atoms with Crippen molar-refractivity contribution in [3.05, 3.63) is 42.2 Å². The Balaban J connectivity index is 1.66. The number of benzene rings is 1. The second-order valence-corrected chi connectivity index (χ2v) is 4.44. The summed E-state index contributed by atoms with van der Waals surface area (Å²) in [5.41, 5.74) is 0. The number of hydrogen-bond acceptors (Lipinski definition) is 5. The Morgan fingerprint density at radius 1 is 1.43 bits per heavy atom. The van der Waals surface area contributed by atoms with Gasteiger partial charge in [0.1, 0.15) is 24.2 Å². The maximum Gasteiger partial charge on any atom is 0.320 e. The number of amides is 2. The predicted molar refractivity (Wildman–Crippen MR) is 76.2 cm³/mol. The summed E-state index contributed by atoms with van der Waals surface area (Å²) in [5.74, 6) is 1.58. The fourth-order valence-corrected chi connectivity index (χ4v) is 1.56. The molecule has 1 heterocycles. The van der Waals surface area contributed by atoms with E-state index < -0.39 is 12.1 Å². The molecule has 1 aromatic heterocycles. The van der Waals surface area contributed by atoms with Crippen molar-refractivity contribution in [1.29, 1.82) is 0 Å². The van der Waals surface area contributed by atoms with Crippen LogP contribution in [0.15, 0.2) is 40.9 Å². The molecule has 21 heavy (non-hydrogen) atoms. The molecule has 0 radical (unpaired) electrons. The Morgan fingerprint density at radius 2 is 2.19 bits per heavy atom. The summed E-state index contributed by atoms with van der Waals surface area (Å²) >= 11 is 0. The molecule has 2 amide bonds. The Morgan fingerprint density at radius 3 is 2.86 bits per heavy atom. The SMILES string of the molecule is Cc1cc(NC(=O)NC[C@@H](O)COc2ccccc2)no1. The normalized spacial score (nSPS) is 11.7. The summed E-state index contributed by atoms with van der Waals surface area (Å²) in [5, 5.41) is 18.4. The van der Waals surface area contributed by atoms with Gasteiger partial charge in [-0.3, -0.25) is 5.32 Å². The molecule has 0 bridgehead atoms. The minimum atomic E-state index is -0.810. The van der Waals surface area contributed by atoms with Gasteiger partial charge in [-0.2, -0.15) is 0 Å². The fraction of sp³-hybridized carbons (Fsp3) is 0.286. The van der Waals surface area contributed by atoms with Crippen molar-refractivity contribution in [3.63, 3.8) is 0 Å². The van der Waals surface area contributed by atoms with E-state index in [2.05, 4.69) is 15.8 Å². The lowest BCUT2D eigenvalue weighted by Gasteiger charge is -2.13. The molecule has 0 aliphatic rings. The van der Waals surface area contributed by atoms with Gasteiger partial charge in [0.2, 0.25) is 0 Å². The summed E-state index contributed by atoms with van der Waals surface area (Å²) in [6.07, 6.45) is -0.810. The summed E-state index contributed by atoms with van der Waals surface area (Å²) in [6, 6.07) is 10.3. The highest BCUT2D eigenvalue weighted by Crippen LogP contribution is 2.08. The minimum absolute atomic E-state index is 0.0650. The zero-order chi connectivity index (χ0) is 15.1. The van der Waals surface area contributed by atoms with Crippen LogP contribution in [0.5, 0.6) is 5.75 Å². The van der Waals surface area contributed by atoms with Crippen LogP contribution in [0.1, 0.15) is 5.76 Å². The van der Waals surface area contributed by atoms with Gasteiger partial charge in [0, 0.05) is 12.6 Å². The number of aliphatic hydroxyl groups excluding tert-OH is 1. The van der Waals surface area contributed by atoms with Gasteiger partial charge in [-0.1, -0.05) is 23.4 Å². The van der Waals surface area contributed by atoms with Crippen molar-refractivity contribution >= 4 is 11.8 Å². The average Bonchev–Trinajstić information content (AvgIpc) is 2.89. The van der Waals surface area contributed by atoms with Crippen LogP contribution in [0.2, 0.25) is 0 Å². The molecule has 1 aromatic carbocycles. The lowest BCUT2D eigenvalue weighted by molar-refractivity contribution is 0.108. The van der Waals surface area contributed by atoms with Gasteiger partial charge in [-0.25, -0.2) is 4.79 Å². The third kappa shape index (κ3) is 5.15. The Bertz CT molecular complexity index is 571. The lowest BCUT2D eigenvalue weighted by atomic mass is 10.3. The number of carbonyl (C=O) groups excluding carboxylic acids is 1. The molecule has 3 N–H and O–H groups in total. The number of ether oxygens (including phenoxy) is 1. The highest BCUT2D eigenvalue weighted by Gasteiger charge is 2.09. The molecule has 1 atom stereocenters.